The number of aliphatic hydroxyl groups is 1. The van der Waals surface area contributed by atoms with Gasteiger partial charge in [-0.3, -0.25) is 14.6 Å². The first-order chi connectivity index (χ1) is 17.3. The van der Waals surface area contributed by atoms with E-state index < -0.39 is 11.5 Å². The van der Waals surface area contributed by atoms with Crippen LogP contribution in [-0.2, 0) is 14.4 Å². The average Bonchev–Trinajstić information content (AvgIpc) is 2.82. The molecule has 0 fully saturated rings. The van der Waals surface area contributed by atoms with E-state index >= 15 is 0 Å². The molecule has 1 unspecified atom stereocenters. The minimum absolute atomic E-state index is 0.0562. The van der Waals surface area contributed by atoms with Crippen LogP contribution in [0.1, 0.15) is 80.6 Å². The van der Waals surface area contributed by atoms with Crippen LogP contribution >= 0.6 is 11.8 Å². The van der Waals surface area contributed by atoms with Crippen LogP contribution in [0.3, 0.4) is 0 Å². The summed E-state index contributed by atoms with van der Waals surface area (Å²) in [5, 5.41) is 12.2. The Balaban J connectivity index is 0.00000107. The second-order valence-corrected chi connectivity index (χ2v) is 11.7. The summed E-state index contributed by atoms with van der Waals surface area (Å²) in [5.41, 5.74) is 2.52. The van der Waals surface area contributed by atoms with E-state index in [1.54, 1.807) is 32.5 Å². The Morgan fingerprint density at radius 1 is 1.22 bits per heavy atom. The van der Waals surface area contributed by atoms with E-state index in [0.717, 1.165) is 30.8 Å². The molecule has 0 radical (unpaired) electrons. The lowest BCUT2D eigenvalue weighted by atomic mass is 9.74. The Labute approximate surface area is 229 Å². The monoisotopic (exact) mass is 534 g/mol. The third-order valence-corrected chi connectivity index (χ3v) is 7.47. The fraction of sp³-hybridized carbons (Fsp3) is 0.667. The Morgan fingerprint density at radius 3 is 2.41 bits per heavy atom. The number of thioether (sulfide) groups is 1. The van der Waals surface area contributed by atoms with Crippen LogP contribution in [0.4, 0.5) is 0 Å². The molecular weight excluding hydrogens is 484 g/mol. The van der Waals surface area contributed by atoms with Crippen LogP contribution in [0.2, 0.25) is 0 Å². The Hall–Kier alpha value is -1.83. The number of aliphatic hydroxyl groups excluding tert-OH is 1. The molecule has 0 aromatic carbocycles. The van der Waals surface area contributed by atoms with E-state index in [1.165, 1.54) is 11.3 Å². The Morgan fingerprint density at radius 2 is 1.86 bits per heavy atom. The number of allylic oxidation sites excluding steroid dienone is 3. The molecule has 0 saturated heterocycles. The van der Waals surface area contributed by atoms with Gasteiger partial charge >= 0.3 is 0 Å². The molecule has 0 aromatic heterocycles. The summed E-state index contributed by atoms with van der Waals surface area (Å²) in [6, 6.07) is 0. The summed E-state index contributed by atoms with van der Waals surface area (Å²) in [4.78, 5) is 42.2. The molecule has 0 amide bonds. The van der Waals surface area contributed by atoms with E-state index in [2.05, 4.69) is 35.2 Å². The summed E-state index contributed by atoms with van der Waals surface area (Å²) in [7, 11) is 4.08. The van der Waals surface area contributed by atoms with Crippen molar-refractivity contribution in [3.8, 4) is 0 Å². The topological polar surface area (TPSA) is 87.0 Å². The highest BCUT2D eigenvalue weighted by molar-refractivity contribution is 8.02. The predicted octanol–water partition coefficient (Wildman–Crippen LogP) is 6.05. The predicted molar refractivity (Wildman–Crippen MR) is 158 cm³/mol. The quantitative estimate of drug-likeness (QED) is 0.203. The second kappa shape index (κ2) is 18.4. The first-order valence-corrected chi connectivity index (χ1v) is 14.3. The summed E-state index contributed by atoms with van der Waals surface area (Å²) >= 11 is 1.81. The largest absolute Gasteiger partial charge is 0.392 e. The van der Waals surface area contributed by atoms with Crippen molar-refractivity contribution in [2.45, 2.75) is 86.7 Å². The van der Waals surface area contributed by atoms with Gasteiger partial charge in [0.15, 0.2) is 0 Å². The van der Waals surface area contributed by atoms with Crippen molar-refractivity contribution in [3.63, 3.8) is 0 Å². The maximum absolute atomic E-state index is 12.7. The molecule has 7 heteroatoms. The van der Waals surface area contributed by atoms with Gasteiger partial charge in [0.2, 0.25) is 0 Å². The number of carbonyl (C=O) groups excluding carboxylic acids is 3. The number of hydrogen-bond acceptors (Lipinski definition) is 7. The molecule has 0 aliphatic carbocycles. The lowest BCUT2D eigenvalue weighted by Crippen LogP contribution is -2.41. The number of aldehydes is 1. The summed E-state index contributed by atoms with van der Waals surface area (Å²) < 4.78 is 0. The molecule has 210 valence electrons. The van der Waals surface area contributed by atoms with Gasteiger partial charge in [-0.2, -0.15) is 0 Å². The normalized spacial score (nSPS) is 16.9. The van der Waals surface area contributed by atoms with Crippen molar-refractivity contribution >= 4 is 35.3 Å². The minimum Gasteiger partial charge on any atom is -0.392 e. The molecule has 1 aliphatic heterocycles. The molecule has 0 saturated carbocycles. The number of carbonyl (C=O) groups is 3. The molecular formula is C30H50N2O4S. The van der Waals surface area contributed by atoms with Gasteiger partial charge in [-0.1, -0.05) is 45.4 Å². The Bertz CT molecular complexity index is 856. The van der Waals surface area contributed by atoms with E-state index in [4.69, 9.17) is 0 Å². The highest BCUT2D eigenvalue weighted by Gasteiger charge is 2.38. The van der Waals surface area contributed by atoms with Gasteiger partial charge < -0.3 is 14.8 Å². The number of ketones is 2. The second-order valence-electron chi connectivity index (χ2n) is 10.9. The summed E-state index contributed by atoms with van der Waals surface area (Å²) in [5.74, 6) is 0.577. The third kappa shape index (κ3) is 14.6. The maximum Gasteiger partial charge on any atom is 0.143 e. The van der Waals surface area contributed by atoms with E-state index in [-0.39, 0.29) is 29.8 Å². The summed E-state index contributed by atoms with van der Waals surface area (Å²) in [6.45, 7) is 14.1. The van der Waals surface area contributed by atoms with Crippen molar-refractivity contribution in [2.75, 3.05) is 26.4 Å². The summed E-state index contributed by atoms with van der Waals surface area (Å²) in [6.07, 6.45) is 8.48. The zero-order valence-electron chi connectivity index (χ0n) is 24.5. The molecule has 1 rings (SSSR count). The fourth-order valence-corrected chi connectivity index (χ4v) is 4.66. The van der Waals surface area contributed by atoms with Gasteiger partial charge in [-0.25, -0.2) is 0 Å². The fourth-order valence-electron chi connectivity index (χ4n) is 3.97. The van der Waals surface area contributed by atoms with Crippen molar-refractivity contribution in [1.82, 2.24) is 4.90 Å². The van der Waals surface area contributed by atoms with Crippen LogP contribution in [0.25, 0.3) is 0 Å². The molecule has 0 bridgehead atoms. The number of Topliss-reactive ketones (excluding diaryl/α,β-unsaturated/α-hetero) is 2. The first-order valence-electron chi connectivity index (χ1n) is 13.2. The van der Waals surface area contributed by atoms with Gasteiger partial charge in [0.25, 0.3) is 0 Å². The lowest BCUT2D eigenvalue weighted by Gasteiger charge is -2.31. The average molecular weight is 535 g/mol. The van der Waals surface area contributed by atoms with Crippen molar-refractivity contribution in [3.05, 3.63) is 34.9 Å². The molecule has 3 atom stereocenters. The zero-order valence-corrected chi connectivity index (χ0v) is 25.4. The molecule has 0 spiro atoms. The number of nitrogens with zero attached hydrogens (tertiary/aromatic N) is 2. The number of aliphatic imine (C=N–C) groups is 1. The van der Waals surface area contributed by atoms with Gasteiger partial charge in [-0.05, 0) is 65.6 Å². The molecule has 1 heterocycles. The standard InChI is InChI=1S/C22H39NO4.C8H11NS/c1-16(9-8-13-23(6)7)10-11-19(25)17(2)15-18(3)21(27)22(4,5)20(26)12-14-24;1-3-4-8-6-10-5-7(2)9-8/h9,14,17-18,20,26H,8,10-13,15H2,1-7H3;3-4,6H,5H2,1-2H3/b16-9-;4-3-/t17-,18?,20+;/m1./s1. The van der Waals surface area contributed by atoms with Crippen LogP contribution in [0, 0.1) is 17.3 Å². The van der Waals surface area contributed by atoms with Gasteiger partial charge in [0.05, 0.1) is 11.8 Å². The van der Waals surface area contributed by atoms with E-state index in [9.17, 15) is 19.5 Å². The molecule has 1 aliphatic rings. The highest BCUT2D eigenvalue weighted by atomic mass is 32.2. The van der Waals surface area contributed by atoms with Crippen LogP contribution in [0.5, 0.6) is 0 Å². The van der Waals surface area contributed by atoms with Gasteiger partial charge in [-0.15, -0.1) is 11.8 Å². The third-order valence-electron chi connectivity index (χ3n) is 6.48. The lowest BCUT2D eigenvalue weighted by molar-refractivity contribution is -0.138. The van der Waals surface area contributed by atoms with Crippen molar-refractivity contribution in [1.29, 1.82) is 0 Å². The SMILES string of the molecule is C/C(=C/CCN(C)C)CCC(=O)[C@H](C)CC(C)C(=O)C(C)(C)[C@@H](O)CC=O.C/C=C\C1=CSCC(C)=N1. The van der Waals surface area contributed by atoms with Crippen molar-refractivity contribution < 1.29 is 19.5 Å². The van der Waals surface area contributed by atoms with Gasteiger partial charge in [0, 0.05) is 48.1 Å². The molecule has 1 N–H and O–H groups in total. The Kier molecular flexibility index (Phi) is 17.5. The van der Waals surface area contributed by atoms with Crippen LogP contribution < -0.4 is 0 Å². The minimum atomic E-state index is -0.995. The molecule has 37 heavy (non-hydrogen) atoms. The van der Waals surface area contributed by atoms with Crippen LogP contribution in [0.15, 0.2) is 39.9 Å². The maximum atomic E-state index is 12.7. The van der Waals surface area contributed by atoms with Crippen molar-refractivity contribution in [2.24, 2.45) is 22.2 Å². The molecule has 0 aromatic rings. The van der Waals surface area contributed by atoms with E-state index in [1.807, 2.05) is 40.1 Å². The number of rotatable bonds is 15. The number of hydrogen-bond donors (Lipinski definition) is 1. The first kappa shape index (κ1) is 35.2. The molecule has 6 nitrogen and oxygen atoms in total. The smallest absolute Gasteiger partial charge is 0.143 e. The highest BCUT2D eigenvalue weighted by Crippen LogP contribution is 2.30. The van der Waals surface area contributed by atoms with Crippen LogP contribution in [-0.4, -0.2) is 66.1 Å². The van der Waals surface area contributed by atoms with Gasteiger partial charge in [0.1, 0.15) is 17.9 Å². The zero-order chi connectivity index (χ0) is 28.6. The van der Waals surface area contributed by atoms with E-state index in [0.29, 0.717) is 19.1 Å².